The first-order valence-electron chi connectivity index (χ1n) is 5.27. The molecule has 0 heterocycles. The molecule has 0 aliphatic heterocycles. The first-order valence-corrected chi connectivity index (χ1v) is 7.15. The minimum absolute atomic E-state index is 0.0391. The number of rotatable bonds is 4. The van der Waals surface area contributed by atoms with Crippen LogP contribution in [0.4, 0.5) is 0 Å². The zero-order valence-electron chi connectivity index (χ0n) is 9.47. The number of hydrogen-bond donors (Lipinski definition) is 1. The summed E-state index contributed by atoms with van der Waals surface area (Å²) in [7, 11) is 0. The van der Waals surface area contributed by atoms with E-state index in [1.165, 1.54) is 0 Å². The van der Waals surface area contributed by atoms with Gasteiger partial charge >= 0.3 is 0 Å². The Morgan fingerprint density at radius 1 is 1.65 bits per heavy atom. The third kappa shape index (κ3) is 4.32. The van der Waals surface area contributed by atoms with Gasteiger partial charge in [-0.2, -0.15) is 0 Å². The predicted octanol–water partition coefficient (Wildman–Crippen LogP) is 3.59. The first kappa shape index (κ1) is 14.5. The second kappa shape index (κ2) is 7.02. The van der Waals surface area contributed by atoms with Crippen LogP contribution >= 0.6 is 38.5 Å². The van der Waals surface area contributed by atoms with E-state index >= 15 is 0 Å². The molecule has 1 amide bonds. The highest BCUT2D eigenvalue weighted by Crippen LogP contribution is 2.19. The lowest BCUT2D eigenvalue weighted by molar-refractivity contribution is 0.0936. The third-order valence-corrected chi connectivity index (χ3v) is 3.73. The van der Waals surface area contributed by atoms with E-state index in [4.69, 9.17) is 6.42 Å². The molecule has 1 atom stereocenters. The maximum atomic E-state index is 12.0. The Balaban J connectivity index is 2.82. The van der Waals surface area contributed by atoms with Crippen LogP contribution in [0.5, 0.6) is 0 Å². The van der Waals surface area contributed by atoms with Crippen LogP contribution in [0.3, 0.4) is 0 Å². The van der Waals surface area contributed by atoms with Gasteiger partial charge in [-0.05, 0) is 63.1 Å². The van der Waals surface area contributed by atoms with Crippen LogP contribution in [0.2, 0.25) is 0 Å². The Labute approximate surface area is 124 Å². The van der Waals surface area contributed by atoms with Crippen molar-refractivity contribution in [2.24, 2.45) is 0 Å². The predicted molar refractivity (Wildman–Crippen MR) is 81.9 cm³/mol. The smallest absolute Gasteiger partial charge is 0.252 e. The van der Waals surface area contributed by atoms with Gasteiger partial charge in [-0.3, -0.25) is 4.79 Å². The lowest BCUT2D eigenvalue weighted by Gasteiger charge is -2.15. The Morgan fingerprint density at radius 2 is 2.35 bits per heavy atom. The molecule has 0 spiro atoms. The number of carbonyl (C=O) groups excluding carboxylic acids is 1. The Kier molecular flexibility index (Phi) is 6.00. The molecule has 0 saturated heterocycles. The maximum absolute atomic E-state index is 12.0. The number of amides is 1. The molecule has 0 radical (unpaired) electrons. The summed E-state index contributed by atoms with van der Waals surface area (Å²) in [6.07, 6.45) is 6.65. The molecule has 0 bridgehead atoms. The summed E-state index contributed by atoms with van der Waals surface area (Å²) in [5.41, 5.74) is 0.646. The number of benzene rings is 1. The van der Waals surface area contributed by atoms with Crippen molar-refractivity contribution in [1.29, 1.82) is 0 Å². The topological polar surface area (TPSA) is 29.1 Å². The number of halogens is 2. The van der Waals surface area contributed by atoms with Crippen LogP contribution in [-0.2, 0) is 0 Å². The lowest BCUT2D eigenvalue weighted by atomic mass is 10.1. The SMILES string of the molecule is C#CCC(CC)NC(=O)c1cc(I)ccc1Br. The fourth-order valence-electron chi connectivity index (χ4n) is 1.37. The summed E-state index contributed by atoms with van der Waals surface area (Å²) in [4.78, 5) is 12.0. The van der Waals surface area contributed by atoms with E-state index in [1.54, 1.807) is 0 Å². The van der Waals surface area contributed by atoms with Crippen LogP contribution in [0.15, 0.2) is 22.7 Å². The van der Waals surface area contributed by atoms with Crippen molar-refractivity contribution in [2.75, 3.05) is 0 Å². The summed E-state index contributed by atoms with van der Waals surface area (Å²) in [6.45, 7) is 2.01. The number of nitrogens with one attached hydrogen (secondary N) is 1. The van der Waals surface area contributed by atoms with E-state index in [2.05, 4.69) is 49.8 Å². The molecule has 1 aromatic rings. The zero-order valence-corrected chi connectivity index (χ0v) is 13.2. The average Bonchev–Trinajstić information content (AvgIpc) is 2.31. The molecule has 0 aliphatic carbocycles. The third-order valence-electron chi connectivity index (χ3n) is 2.37. The van der Waals surface area contributed by atoms with Gasteiger partial charge in [0.2, 0.25) is 0 Å². The summed E-state index contributed by atoms with van der Waals surface area (Å²) < 4.78 is 1.83. The number of hydrogen-bond acceptors (Lipinski definition) is 1. The standard InChI is InChI=1S/C13H13BrINO/c1-3-5-10(4-2)16-13(17)11-8-9(15)6-7-12(11)14/h1,6-8,10H,4-5H2,2H3,(H,16,17). The van der Waals surface area contributed by atoms with E-state index in [0.29, 0.717) is 12.0 Å². The van der Waals surface area contributed by atoms with Gasteiger partial charge in [-0.25, -0.2) is 0 Å². The first-order chi connectivity index (χ1) is 8.08. The molecule has 4 heteroatoms. The van der Waals surface area contributed by atoms with E-state index in [1.807, 2.05) is 25.1 Å². The molecule has 90 valence electrons. The second-order valence-electron chi connectivity index (χ2n) is 3.61. The quantitative estimate of drug-likeness (QED) is 0.602. The Hall–Kier alpha value is -0.540. The minimum Gasteiger partial charge on any atom is -0.348 e. The fraction of sp³-hybridized carbons (Fsp3) is 0.308. The largest absolute Gasteiger partial charge is 0.348 e. The minimum atomic E-state index is -0.0857. The molecule has 1 unspecified atom stereocenters. The molecule has 1 aromatic carbocycles. The molecule has 1 rings (SSSR count). The van der Waals surface area contributed by atoms with Crippen molar-refractivity contribution in [1.82, 2.24) is 5.32 Å². The van der Waals surface area contributed by atoms with E-state index in [0.717, 1.165) is 14.5 Å². The van der Waals surface area contributed by atoms with Gasteiger partial charge < -0.3 is 5.32 Å². The summed E-state index contributed by atoms with van der Waals surface area (Å²) >= 11 is 5.56. The second-order valence-corrected chi connectivity index (χ2v) is 5.71. The van der Waals surface area contributed by atoms with Gasteiger partial charge in [0.25, 0.3) is 5.91 Å². The maximum Gasteiger partial charge on any atom is 0.252 e. The van der Waals surface area contributed by atoms with E-state index < -0.39 is 0 Å². The van der Waals surface area contributed by atoms with Crippen LogP contribution in [0.1, 0.15) is 30.1 Å². The summed E-state index contributed by atoms with van der Waals surface area (Å²) in [6, 6.07) is 5.71. The number of terminal acetylenes is 1. The van der Waals surface area contributed by atoms with Gasteiger partial charge in [-0.15, -0.1) is 12.3 Å². The molecular weight excluding hydrogens is 393 g/mol. The highest BCUT2D eigenvalue weighted by atomic mass is 127. The molecule has 0 aromatic heterocycles. The highest BCUT2D eigenvalue weighted by Gasteiger charge is 2.14. The monoisotopic (exact) mass is 405 g/mol. The van der Waals surface area contributed by atoms with Gasteiger partial charge in [0.15, 0.2) is 0 Å². The zero-order chi connectivity index (χ0) is 12.8. The number of carbonyl (C=O) groups is 1. The van der Waals surface area contributed by atoms with Gasteiger partial charge in [-0.1, -0.05) is 6.92 Å². The van der Waals surface area contributed by atoms with Crippen molar-refractivity contribution in [3.8, 4) is 12.3 Å². The van der Waals surface area contributed by atoms with Crippen molar-refractivity contribution in [3.63, 3.8) is 0 Å². The molecule has 0 fully saturated rings. The van der Waals surface area contributed by atoms with Gasteiger partial charge in [0.05, 0.1) is 5.56 Å². The van der Waals surface area contributed by atoms with Crippen LogP contribution in [0.25, 0.3) is 0 Å². The molecule has 0 saturated carbocycles. The van der Waals surface area contributed by atoms with Gasteiger partial charge in [0.1, 0.15) is 0 Å². The van der Waals surface area contributed by atoms with E-state index in [-0.39, 0.29) is 11.9 Å². The van der Waals surface area contributed by atoms with Crippen molar-refractivity contribution >= 4 is 44.4 Å². The summed E-state index contributed by atoms with van der Waals surface area (Å²) in [5, 5.41) is 2.94. The summed E-state index contributed by atoms with van der Waals surface area (Å²) in [5.74, 6) is 2.49. The van der Waals surface area contributed by atoms with Crippen molar-refractivity contribution < 1.29 is 4.79 Å². The van der Waals surface area contributed by atoms with Crippen LogP contribution in [0, 0.1) is 15.9 Å². The molecule has 2 nitrogen and oxygen atoms in total. The highest BCUT2D eigenvalue weighted by molar-refractivity contribution is 14.1. The van der Waals surface area contributed by atoms with Crippen LogP contribution < -0.4 is 5.32 Å². The normalized spacial score (nSPS) is 11.6. The van der Waals surface area contributed by atoms with Crippen molar-refractivity contribution in [2.45, 2.75) is 25.8 Å². The Morgan fingerprint density at radius 3 is 2.94 bits per heavy atom. The fourth-order valence-corrected chi connectivity index (χ4v) is 2.29. The lowest BCUT2D eigenvalue weighted by Crippen LogP contribution is -2.34. The average molecular weight is 406 g/mol. The van der Waals surface area contributed by atoms with E-state index in [9.17, 15) is 4.79 Å². The van der Waals surface area contributed by atoms with Gasteiger partial charge in [0, 0.05) is 20.5 Å². The molecular formula is C13H13BrINO. The molecule has 0 aliphatic rings. The van der Waals surface area contributed by atoms with Crippen molar-refractivity contribution in [3.05, 3.63) is 31.8 Å². The molecule has 1 N–H and O–H groups in total. The Bertz CT molecular complexity index is 453. The van der Waals surface area contributed by atoms with Crippen LogP contribution in [-0.4, -0.2) is 11.9 Å². The molecule has 17 heavy (non-hydrogen) atoms.